The minimum Gasteiger partial charge on any atom is -0.0804 e. The second-order valence-electron chi connectivity index (χ2n) is 5.15. The molecule has 1 aromatic rings. The van der Waals surface area contributed by atoms with E-state index in [-0.39, 0.29) is 5.41 Å². The molecule has 0 saturated carbocycles. The Labute approximate surface area is 98.7 Å². The summed E-state index contributed by atoms with van der Waals surface area (Å²) in [4.78, 5) is 0. The number of benzene rings is 1. The largest absolute Gasteiger partial charge is 0.0804 e. The van der Waals surface area contributed by atoms with Crippen molar-refractivity contribution < 1.29 is 0 Å². The minimum absolute atomic E-state index is 0.176. The third kappa shape index (κ3) is 1.84. The molecule has 1 unspecified atom stereocenters. The van der Waals surface area contributed by atoms with Crippen LogP contribution < -0.4 is 0 Å². The first kappa shape index (κ1) is 11.2. The average Bonchev–Trinajstić information content (AvgIpc) is 2.27. The fourth-order valence-electron chi connectivity index (χ4n) is 2.39. The van der Waals surface area contributed by atoms with E-state index in [1.165, 1.54) is 22.3 Å². The molecule has 0 radical (unpaired) electrons. The summed E-state index contributed by atoms with van der Waals surface area (Å²) < 4.78 is 0. The molecule has 0 bridgehead atoms. The van der Waals surface area contributed by atoms with Crippen molar-refractivity contribution in [1.82, 2.24) is 0 Å². The summed E-state index contributed by atoms with van der Waals surface area (Å²) in [6, 6.07) is 6.62. The van der Waals surface area contributed by atoms with E-state index in [1.807, 2.05) is 0 Å². The normalized spacial score (nSPS) is 24.4. The first-order chi connectivity index (χ1) is 7.53. The standard InChI is InChI=1S/C16H20/c1-12-8-10-16(4,11-9-12)15-7-5-6-13(2)14(15)3/h5-10H,11H2,1-4H3. The zero-order valence-corrected chi connectivity index (χ0v) is 10.7. The first-order valence-corrected chi connectivity index (χ1v) is 5.96. The molecule has 0 heteroatoms. The molecule has 2 rings (SSSR count). The van der Waals surface area contributed by atoms with Crippen LogP contribution in [-0.2, 0) is 5.41 Å². The van der Waals surface area contributed by atoms with Gasteiger partial charge in [-0.2, -0.15) is 0 Å². The molecule has 0 saturated heterocycles. The van der Waals surface area contributed by atoms with Gasteiger partial charge in [0.1, 0.15) is 0 Å². The summed E-state index contributed by atoms with van der Waals surface area (Å²) in [6.45, 7) is 8.91. The SMILES string of the molecule is CC1=CCC(C)(c2cccc(C)c2C)C=C1. The monoisotopic (exact) mass is 212 g/mol. The van der Waals surface area contributed by atoms with Gasteiger partial charge in [0.05, 0.1) is 0 Å². The van der Waals surface area contributed by atoms with Crippen molar-refractivity contribution in [1.29, 1.82) is 0 Å². The van der Waals surface area contributed by atoms with Crippen molar-refractivity contribution in [2.45, 2.75) is 39.5 Å². The molecule has 0 amide bonds. The maximum absolute atomic E-state index is 2.35. The smallest absolute Gasteiger partial charge is 0.0144 e. The van der Waals surface area contributed by atoms with E-state index < -0.39 is 0 Å². The van der Waals surface area contributed by atoms with Gasteiger partial charge in [0.25, 0.3) is 0 Å². The van der Waals surface area contributed by atoms with Crippen LogP contribution in [0.25, 0.3) is 0 Å². The van der Waals surface area contributed by atoms with Crippen molar-refractivity contribution in [3.05, 3.63) is 58.7 Å². The number of aryl methyl sites for hydroxylation is 1. The Balaban J connectivity index is 2.46. The summed E-state index contributed by atoms with van der Waals surface area (Å²) in [6.07, 6.45) is 8.04. The quantitative estimate of drug-likeness (QED) is 0.644. The van der Waals surface area contributed by atoms with Gasteiger partial charge in [-0.3, -0.25) is 0 Å². The minimum atomic E-state index is 0.176. The zero-order chi connectivity index (χ0) is 11.8. The Morgan fingerprint density at radius 1 is 1.12 bits per heavy atom. The Hall–Kier alpha value is -1.30. The topological polar surface area (TPSA) is 0 Å². The number of rotatable bonds is 1. The van der Waals surface area contributed by atoms with Gasteiger partial charge >= 0.3 is 0 Å². The highest BCUT2D eigenvalue weighted by molar-refractivity contribution is 5.44. The number of hydrogen-bond donors (Lipinski definition) is 0. The van der Waals surface area contributed by atoms with Crippen LogP contribution in [0.5, 0.6) is 0 Å². The molecule has 16 heavy (non-hydrogen) atoms. The highest BCUT2D eigenvalue weighted by atomic mass is 14.3. The lowest BCUT2D eigenvalue weighted by atomic mass is 9.74. The second kappa shape index (κ2) is 3.93. The molecule has 0 spiro atoms. The van der Waals surface area contributed by atoms with E-state index in [0.29, 0.717) is 0 Å². The molecule has 0 N–H and O–H groups in total. The van der Waals surface area contributed by atoms with E-state index in [9.17, 15) is 0 Å². The highest BCUT2D eigenvalue weighted by Gasteiger charge is 2.26. The van der Waals surface area contributed by atoms with Crippen LogP contribution in [0, 0.1) is 13.8 Å². The van der Waals surface area contributed by atoms with Crippen LogP contribution in [0.2, 0.25) is 0 Å². The maximum atomic E-state index is 2.35. The van der Waals surface area contributed by atoms with Gasteiger partial charge in [-0.15, -0.1) is 0 Å². The maximum Gasteiger partial charge on any atom is 0.0144 e. The molecule has 1 aromatic carbocycles. The summed E-state index contributed by atoms with van der Waals surface area (Å²) >= 11 is 0. The Bertz CT molecular complexity index is 463. The summed E-state index contributed by atoms with van der Waals surface area (Å²) in [5.74, 6) is 0. The fourth-order valence-corrected chi connectivity index (χ4v) is 2.39. The third-order valence-electron chi connectivity index (χ3n) is 3.78. The number of hydrogen-bond acceptors (Lipinski definition) is 0. The Morgan fingerprint density at radius 2 is 1.88 bits per heavy atom. The van der Waals surface area contributed by atoms with Gasteiger partial charge < -0.3 is 0 Å². The first-order valence-electron chi connectivity index (χ1n) is 5.96. The summed E-state index contributed by atoms with van der Waals surface area (Å²) in [5.41, 5.74) is 5.84. The lowest BCUT2D eigenvalue weighted by molar-refractivity contribution is 0.592. The van der Waals surface area contributed by atoms with E-state index in [0.717, 1.165) is 6.42 Å². The van der Waals surface area contributed by atoms with Crippen LogP contribution in [0.15, 0.2) is 42.0 Å². The molecule has 0 aromatic heterocycles. The number of allylic oxidation sites excluding steroid dienone is 4. The molecule has 84 valence electrons. The predicted octanol–water partition coefficient (Wildman–Crippen LogP) is 4.47. The van der Waals surface area contributed by atoms with Crippen LogP contribution in [0.3, 0.4) is 0 Å². The molecular weight excluding hydrogens is 192 g/mol. The van der Waals surface area contributed by atoms with Crippen LogP contribution in [-0.4, -0.2) is 0 Å². The van der Waals surface area contributed by atoms with E-state index in [1.54, 1.807) is 0 Å². The third-order valence-corrected chi connectivity index (χ3v) is 3.78. The van der Waals surface area contributed by atoms with Crippen molar-refractivity contribution in [2.75, 3.05) is 0 Å². The van der Waals surface area contributed by atoms with Crippen molar-refractivity contribution >= 4 is 0 Å². The summed E-state index contributed by atoms with van der Waals surface area (Å²) in [7, 11) is 0. The van der Waals surface area contributed by atoms with Crippen LogP contribution in [0.4, 0.5) is 0 Å². The van der Waals surface area contributed by atoms with Gasteiger partial charge in [-0.25, -0.2) is 0 Å². The van der Waals surface area contributed by atoms with E-state index >= 15 is 0 Å². The Morgan fingerprint density at radius 3 is 2.50 bits per heavy atom. The molecule has 0 aliphatic heterocycles. The molecule has 0 heterocycles. The van der Waals surface area contributed by atoms with Crippen LogP contribution in [0.1, 0.15) is 37.0 Å². The van der Waals surface area contributed by atoms with E-state index in [2.05, 4.69) is 64.1 Å². The van der Waals surface area contributed by atoms with E-state index in [4.69, 9.17) is 0 Å². The van der Waals surface area contributed by atoms with Gasteiger partial charge in [0, 0.05) is 5.41 Å². The lowest BCUT2D eigenvalue weighted by Crippen LogP contribution is -2.21. The van der Waals surface area contributed by atoms with Crippen molar-refractivity contribution in [3.63, 3.8) is 0 Å². The van der Waals surface area contributed by atoms with Crippen molar-refractivity contribution in [2.24, 2.45) is 0 Å². The Kier molecular flexibility index (Phi) is 2.75. The van der Waals surface area contributed by atoms with Crippen molar-refractivity contribution in [3.8, 4) is 0 Å². The van der Waals surface area contributed by atoms with Gasteiger partial charge in [-0.05, 0) is 43.9 Å². The van der Waals surface area contributed by atoms with Gasteiger partial charge in [0.15, 0.2) is 0 Å². The molecule has 1 aliphatic carbocycles. The van der Waals surface area contributed by atoms with Crippen LogP contribution >= 0.6 is 0 Å². The lowest BCUT2D eigenvalue weighted by Gasteiger charge is -2.30. The predicted molar refractivity (Wildman–Crippen MR) is 70.8 cm³/mol. The molecule has 1 atom stereocenters. The second-order valence-corrected chi connectivity index (χ2v) is 5.15. The molecule has 0 fully saturated rings. The molecule has 0 nitrogen and oxygen atoms in total. The van der Waals surface area contributed by atoms with Gasteiger partial charge in [0.2, 0.25) is 0 Å². The highest BCUT2D eigenvalue weighted by Crippen LogP contribution is 2.36. The molecular formula is C16H20. The average molecular weight is 212 g/mol. The van der Waals surface area contributed by atoms with Gasteiger partial charge in [-0.1, -0.05) is 48.9 Å². The molecule has 1 aliphatic rings. The fraction of sp³-hybridized carbons (Fsp3) is 0.375. The summed E-state index contributed by atoms with van der Waals surface area (Å²) in [5, 5.41) is 0. The zero-order valence-electron chi connectivity index (χ0n) is 10.7.